The summed E-state index contributed by atoms with van der Waals surface area (Å²) in [5, 5.41) is 0.601. The number of rotatable bonds is 4. The highest BCUT2D eigenvalue weighted by Crippen LogP contribution is 2.66. The van der Waals surface area contributed by atoms with Gasteiger partial charge in [-0.15, -0.1) is 0 Å². The minimum absolute atomic E-state index is 0.601. The predicted octanol–water partition coefficient (Wildman–Crippen LogP) is 6.31. The monoisotopic (exact) mass is 336 g/mol. The van der Waals surface area contributed by atoms with Crippen LogP contribution in [-0.2, 0) is 0 Å². The molecule has 3 unspecified atom stereocenters. The zero-order valence-electron chi connectivity index (χ0n) is 15.6. The van der Waals surface area contributed by atoms with Crippen molar-refractivity contribution in [2.24, 2.45) is 0 Å². The predicted molar refractivity (Wildman–Crippen MR) is 107 cm³/mol. The van der Waals surface area contributed by atoms with Crippen LogP contribution in [0, 0.1) is 0 Å². The van der Waals surface area contributed by atoms with Crippen molar-refractivity contribution >= 4 is 24.9 Å². The molecule has 120 valence electrons. The van der Waals surface area contributed by atoms with E-state index in [1.807, 2.05) is 5.57 Å². The van der Waals surface area contributed by atoms with Gasteiger partial charge in [-0.25, -0.2) is 0 Å². The van der Waals surface area contributed by atoms with Crippen molar-refractivity contribution in [1.82, 2.24) is 0 Å². The Balaban J connectivity index is 2.39. The molecule has 2 aliphatic carbocycles. The molecule has 0 aromatic rings. The molecule has 0 amide bonds. The minimum atomic E-state index is -1.21. The van der Waals surface area contributed by atoms with E-state index in [9.17, 15) is 0 Å². The fourth-order valence-electron chi connectivity index (χ4n) is 4.71. The van der Waals surface area contributed by atoms with Gasteiger partial charge in [0.2, 0.25) is 0 Å². The molecule has 1 saturated carbocycles. The Morgan fingerprint density at radius 3 is 2.14 bits per heavy atom. The molecule has 0 N–H and O–H groups in total. The molecule has 21 heavy (non-hydrogen) atoms. The van der Waals surface area contributed by atoms with Crippen molar-refractivity contribution in [2.75, 3.05) is 0 Å². The Morgan fingerprint density at radius 2 is 1.71 bits per heavy atom. The van der Waals surface area contributed by atoms with Gasteiger partial charge in [0.25, 0.3) is 0 Å². The quantitative estimate of drug-likeness (QED) is 0.528. The lowest BCUT2D eigenvalue weighted by atomic mass is 9.94. The highest BCUT2D eigenvalue weighted by atomic mass is 28.3. The maximum Gasteiger partial charge on any atom is 0.0553 e. The highest BCUT2D eigenvalue weighted by Gasteiger charge is 2.54. The largest absolute Gasteiger partial charge is 0.0804 e. The molecule has 3 atom stereocenters. The van der Waals surface area contributed by atoms with Gasteiger partial charge >= 0.3 is 0 Å². The molecule has 1 fully saturated rings. The molecular formula is C18H36Si3. The SMILES string of the molecule is C[SiH](C)C1C=CC=C1C1([Si](C)(C)C)CCC([Si](C)(C)C)C1. The Hall–Kier alpha value is 0.131. The molecule has 0 nitrogen and oxygen atoms in total. The second-order valence-corrected chi connectivity index (χ2v) is 24.1. The van der Waals surface area contributed by atoms with Crippen LogP contribution in [0.1, 0.15) is 19.3 Å². The van der Waals surface area contributed by atoms with E-state index in [4.69, 9.17) is 0 Å². The first-order valence-electron chi connectivity index (χ1n) is 8.88. The number of hydrogen-bond donors (Lipinski definition) is 0. The number of allylic oxidation sites excluding steroid dienone is 4. The summed E-state index contributed by atoms with van der Waals surface area (Å²) in [6, 6.07) is 0. The van der Waals surface area contributed by atoms with Gasteiger partial charge in [0, 0.05) is 16.9 Å². The van der Waals surface area contributed by atoms with E-state index < -0.39 is 24.9 Å². The molecule has 0 aromatic carbocycles. The maximum atomic E-state index is 2.64. The summed E-state index contributed by atoms with van der Waals surface area (Å²) in [6.45, 7) is 20.8. The summed E-state index contributed by atoms with van der Waals surface area (Å²) in [5.41, 5.74) is 3.77. The molecule has 2 rings (SSSR count). The van der Waals surface area contributed by atoms with Gasteiger partial charge in [0.1, 0.15) is 0 Å². The summed E-state index contributed by atoms with van der Waals surface area (Å²) in [5.74, 6) is 0. The van der Waals surface area contributed by atoms with E-state index >= 15 is 0 Å². The van der Waals surface area contributed by atoms with Crippen LogP contribution in [-0.4, -0.2) is 24.9 Å². The minimum Gasteiger partial charge on any atom is -0.0804 e. The second kappa shape index (κ2) is 5.64. The fraction of sp³-hybridized carbons (Fsp3) is 0.778. The Bertz CT molecular complexity index is 448. The van der Waals surface area contributed by atoms with Crippen LogP contribution in [0.5, 0.6) is 0 Å². The summed E-state index contributed by atoms with van der Waals surface area (Å²) < 4.78 is 0. The Morgan fingerprint density at radius 1 is 1.10 bits per heavy atom. The van der Waals surface area contributed by atoms with E-state index in [1.54, 1.807) is 0 Å². The van der Waals surface area contributed by atoms with Crippen LogP contribution in [0.15, 0.2) is 23.8 Å². The summed E-state index contributed by atoms with van der Waals surface area (Å²) in [7, 11) is -2.85. The van der Waals surface area contributed by atoms with Gasteiger partial charge in [-0.3, -0.25) is 0 Å². The van der Waals surface area contributed by atoms with Crippen molar-refractivity contribution in [3.8, 4) is 0 Å². The zero-order valence-corrected chi connectivity index (χ0v) is 18.7. The third-order valence-corrected chi connectivity index (χ3v) is 15.0. The van der Waals surface area contributed by atoms with Gasteiger partial charge in [-0.1, -0.05) is 82.6 Å². The van der Waals surface area contributed by atoms with Gasteiger partial charge in [0.15, 0.2) is 0 Å². The van der Waals surface area contributed by atoms with E-state index in [0.717, 1.165) is 11.1 Å². The molecule has 3 heteroatoms. The van der Waals surface area contributed by atoms with Crippen molar-refractivity contribution < 1.29 is 0 Å². The Labute approximate surface area is 136 Å². The lowest BCUT2D eigenvalue weighted by Crippen LogP contribution is -2.41. The van der Waals surface area contributed by atoms with Crippen molar-refractivity contribution in [3.05, 3.63) is 23.8 Å². The van der Waals surface area contributed by atoms with Crippen molar-refractivity contribution in [1.29, 1.82) is 0 Å². The molecular weight excluding hydrogens is 300 g/mol. The zero-order chi connectivity index (χ0) is 16.1. The van der Waals surface area contributed by atoms with Crippen LogP contribution in [0.3, 0.4) is 0 Å². The standard InChI is InChI=1S/C18H36Si3/c1-19(2)17-11-9-10-16(17)18(21(6,7)8)13-12-15(14-18)20(3,4)5/h9-11,15,17,19H,12-14H2,1-8H3. The van der Waals surface area contributed by atoms with E-state index in [1.165, 1.54) is 19.3 Å². The molecule has 0 aliphatic heterocycles. The van der Waals surface area contributed by atoms with Gasteiger partial charge in [-0.05, 0) is 29.0 Å². The fourth-order valence-corrected chi connectivity index (χ4v) is 11.6. The van der Waals surface area contributed by atoms with Crippen LogP contribution < -0.4 is 0 Å². The van der Waals surface area contributed by atoms with Gasteiger partial charge in [0.05, 0.1) is 8.07 Å². The number of hydrogen-bond acceptors (Lipinski definition) is 0. The van der Waals surface area contributed by atoms with Crippen LogP contribution in [0.2, 0.25) is 68.5 Å². The topological polar surface area (TPSA) is 0 Å². The normalized spacial score (nSPS) is 33.9. The second-order valence-electron chi connectivity index (χ2n) is 9.91. The molecule has 2 aliphatic rings. The molecule has 0 spiro atoms. The van der Waals surface area contributed by atoms with E-state index in [2.05, 4.69) is 70.6 Å². The highest BCUT2D eigenvalue weighted by molar-refractivity contribution is 6.81. The van der Waals surface area contributed by atoms with Gasteiger partial charge < -0.3 is 0 Å². The van der Waals surface area contributed by atoms with Gasteiger partial charge in [-0.2, -0.15) is 0 Å². The molecule has 0 aromatic heterocycles. The summed E-state index contributed by atoms with van der Waals surface area (Å²) >= 11 is 0. The van der Waals surface area contributed by atoms with E-state index in [-0.39, 0.29) is 0 Å². The lowest BCUT2D eigenvalue weighted by Gasteiger charge is -2.46. The van der Waals surface area contributed by atoms with Crippen LogP contribution >= 0.6 is 0 Å². The van der Waals surface area contributed by atoms with Crippen molar-refractivity contribution in [3.63, 3.8) is 0 Å². The molecule has 0 saturated heterocycles. The summed E-state index contributed by atoms with van der Waals surface area (Å²) in [6.07, 6.45) is 12.0. The first kappa shape index (κ1) is 17.5. The maximum absolute atomic E-state index is 2.64. The third-order valence-electron chi connectivity index (χ3n) is 6.40. The van der Waals surface area contributed by atoms with Crippen molar-refractivity contribution in [2.45, 2.75) is 87.8 Å². The molecule has 0 radical (unpaired) electrons. The lowest BCUT2D eigenvalue weighted by molar-refractivity contribution is 0.624. The first-order chi connectivity index (χ1) is 9.49. The average molecular weight is 337 g/mol. The van der Waals surface area contributed by atoms with Crippen LogP contribution in [0.4, 0.5) is 0 Å². The Kier molecular flexibility index (Phi) is 4.70. The first-order valence-corrected chi connectivity index (χ1v) is 18.9. The average Bonchev–Trinajstić information content (AvgIpc) is 2.94. The molecule has 0 heterocycles. The molecule has 0 bridgehead atoms. The smallest absolute Gasteiger partial charge is 0.0553 e. The van der Waals surface area contributed by atoms with E-state index in [0.29, 0.717) is 5.04 Å². The summed E-state index contributed by atoms with van der Waals surface area (Å²) in [4.78, 5) is 0. The van der Waals surface area contributed by atoms with Crippen LogP contribution in [0.25, 0.3) is 0 Å². The third kappa shape index (κ3) is 3.11.